The van der Waals surface area contributed by atoms with Crippen molar-refractivity contribution in [2.45, 2.75) is 19.0 Å². The topological polar surface area (TPSA) is 61.7 Å². The summed E-state index contributed by atoms with van der Waals surface area (Å²) in [7, 11) is 0. The molecule has 1 aromatic heterocycles. The number of fused-ring (bicyclic) bond motifs is 2. The van der Waals surface area contributed by atoms with Gasteiger partial charge in [0.05, 0.1) is 22.6 Å². The number of phenols is 1. The highest BCUT2D eigenvalue weighted by Crippen LogP contribution is 2.49. The third-order valence-electron chi connectivity index (χ3n) is 6.93. The summed E-state index contributed by atoms with van der Waals surface area (Å²) >= 11 is 6.67. The SMILES string of the molecule is Oc1cccc(F)c1-c1c(Cl)c2c3c(ncnc3c1F)N1CCN(Cc3ccccc3)CC1CCO2. The number of phenolic OH excluding ortho intramolecular Hbond substituents is 1. The summed E-state index contributed by atoms with van der Waals surface area (Å²) in [4.78, 5) is 13.3. The van der Waals surface area contributed by atoms with E-state index in [2.05, 4.69) is 31.9 Å². The third kappa shape index (κ3) is 3.81. The number of hydrogen-bond donors (Lipinski definition) is 1. The minimum atomic E-state index is -0.828. The van der Waals surface area contributed by atoms with Gasteiger partial charge in [0.2, 0.25) is 0 Å². The molecule has 4 aromatic rings. The zero-order valence-electron chi connectivity index (χ0n) is 19.3. The average Bonchev–Trinajstić information content (AvgIpc) is 2.87. The number of nitrogens with zero attached hydrogens (tertiary/aromatic N) is 4. The second-order valence-corrected chi connectivity index (χ2v) is 9.47. The highest BCUT2D eigenvalue weighted by molar-refractivity contribution is 6.36. The van der Waals surface area contributed by atoms with E-state index in [0.29, 0.717) is 30.8 Å². The molecule has 3 heterocycles. The Labute approximate surface area is 211 Å². The van der Waals surface area contributed by atoms with Crippen LogP contribution >= 0.6 is 11.6 Å². The summed E-state index contributed by atoms with van der Waals surface area (Å²) in [5.41, 5.74) is 0.630. The number of rotatable bonds is 3. The molecule has 0 saturated carbocycles. The summed E-state index contributed by atoms with van der Waals surface area (Å²) in [6.45, 7) is 3.48. The van der Waals surface area contributed by atoms with Crippen molar-refractivity contribution in [2.75, 3.05) is 31.1 Å². The van der Waals surface area contributed by atoms with Crippen molar-refractivity contribution in [3.05, 3.63) is 77.1 Å². The lowest BCUT2D eigenvalue weighted by Gasteiger charge is -2.43. The molecule has 1 saturated heterocycles. The van der Waals surface area contributed by atoms with E-state index in [-0.39, 0.29) is 33.5 Å². The van der Waals surface area contributed by atoms with Crippen LogP contribution in [0, 0.1) is 11.6 Å². The molecule has 6 rings (SSSR count). The number of hydrogen-bond acceptors (Lipinski definition) is 6. The first-order chi connectivity index (χ1) is 17.5. The summed E-state index contributed by atoms with van der Waals surface area (Å²) in [5.74, 6) is -1.30. The van der Waals surface area contributed by atoms with E-state index in [1.807, 2.05) is 18.2 Å². The quantitative estimate of drug-likeness (QED) is 0.399. The first kappa shape index (κ1) is 22.9. The second-order valence-electron chi connectivity index (χ2n) is 9.09. The first-order valence-electron chi connectivity index (χ1n) is 11.8. The molecule has 0 bridgehead atoms. The molecule has 1 fully saturated rings. The van der Waals surface area contributed by atoms with E-state index in [1.54, 1.807) is 0 Å². The summed E-state index contributed by atoms with van der Waals surface area (Å²) in [5, 5.41) is 10.6. The second kappa shape index (κ2) is 9.19. The molecule has 2 aliphatic heterocycles. The van der Waals surface area contributed by atoms with Crippen molar-refractivity contribution in [3.63, 3.8) is 0 Å². The Balaban J connectivity index is 1.44. The van der Waals surface area contributed by atoms with Crippen LogP contribution in [0.15, 0.2) is 54.9 Å². The zero-order valence-corrected chi connectivity index (χ0v) is 20.1. The number of piperazine rings is 1. The molecule has 0 amide bonds. The van der Waals surface area contributed by atoms with Crippen LogP contribution < -0.4 is 9.64 Å². The predicted molar refractivity (Wildman–Crippen MR) is 135 cm³/mol. The van der Waals surface area contributed by atoms with Crippen molar-refractivity contribution in [3.8, 4) is 22.6 Å². The molecule has 1 N–H and O–H groups in total. The Kier molecular flexibility index (Phi) is 5.85. The van der Waals surface area contributed by atoms with Gasteiger partial charge in [-0.2, -0.15) is 0 Å². The largest absolute Gasteiger partial charge is 0.507 e. The normalized spacial score (nSPS) is 17.9. The Bertz CT molecular complexity index is 1430. The van der Waals surface area contributed by atoms with Gasteiger partial charge < -0.3 is 14.7 Å². The van der Waals surface area contributed by atoms with E-state index < -0.39 is 17.4 Å². The molecule has 184 valence electrons. The van der Waals surface area contributed by atoms with Gasteiger partial charge in [-0.05, 0) is 17.7 Å². The molecule has 1 unspecified atom stereocenters. The maximum absolute atomic E-state index is 15.9. The van der Waals surface area contributed by atoms with Crippen molar-refractivity contribution >= 4 is 28.3 Å². The molecule has 3 aromatic carbocycles. The Hall–Kier alpha value is -3.49. The molecule has 0 aliphatic carbocycles. The summed E-state index contributed by atoms with van der Waals surface area (Å²) in [6, 6.07) is 14.2. The van der Waals surface area contributed by atoms with Crippen molar-refractivity contribution in [1.82, 2.24) is 14.9 Å². The van der Waals surface area contributed by atoms with Crippen molar-refractivity contribution in [1.29, 1.82) is 0 Å². The number of benzene rings is 3. The van der Waals surface area contributed by atoms with Crippen molar-refractivity contribution < 1.29 is 18.6 Å². The van der Waals surface area contributed by atoms with E-state index in [9.17, 15) is 9.50 Å². The van der Waals surface area contributed by atoms with Gasteiger partial charge in [-0.25, -0.2) is 18.7 Å². The Morgan fingerprint density at radius 2 is 1.86 bits per heavy atom. The Morgan fingerprint density at radius 3 is 2.67 bits per heavy atom. The number of aromatic nitrogens is 2. The van der Waals surface area contributed by atoms with Gasteiger partial charge in [-0.1, -0.05) is 48.0 Å². The van der Waals surface area contributed by atoms with Gasteiger partial charge >= 0.3 is 0 Å². The highest BCUT2D eigenvalue weighted by atomic mass is 35.5. The number of halogens is 3. The van der Waals surface area contributed by atoms with Crippen LogP contribution in [-0.4, -0.2) is 52.3 Å². The van der Waals surface area contributed by atoms with Crippen LogP contribution in [0.2, 0.25) is 5.02 Å². The van der Waals surface area contributed by atoms with Gasteiger partial charge in [0.1, 0.15) is 29.2 Å². The van der Waals surface area contributed by atoms with Crippen LogP contribution in [0.1, 0.15) is 12.0 Å². The molecular weight excluding hydrogens is 486 g/mol. The maximum Gasteiger partial charge on any atom is 0.159 e. The summed E-state index contributed by atoms with van der Waals surface area (Å²) in [6.07, 6.45) is 2.00. The van der Waals surface area contributed by atoms with Gasteiger partial charge in [0, 0.05) is 44.2 Å². The highest BCUT2D eigenvalue weighted by Gasteiger charge is 2.35. The average molecular weight is 509 g/mol. The predicted octanol–water partition coefficient (Wildman–Crippen LogP) is 5.41. The maximum atomic E-state index is 15.9. The minimum Gasteiger partial charge on any atom is -0.507 e. The minimum absolute atomic E-state index is 0.0237. The van der Waals surface area contributed by atoms with Gasteiger partial charge in [0.25, 0.3) is 0 Å². The van der Waals surface area contributed by atoms with Crippen LogP contribution in [0.4, 0.5) is 14.6 Å². The standard InChI is InChI=1S/C27H23ClF2N4O2/c28-23-21(20-18(29)7-4-8-19(20)35)24(30)25-22-26(23)36-12-9-17-14-33(13-16-5-2-1-3-6-16)10-11-34(17)27(22)32-15-31-25/h1-8,15,17,35H,9-14H2. The smallest absolute Gasteiger partial charge is 0.159 e. The van der Waals surface area contributed by atoms with Crippen LogP contribution in [0.5, 0.6) is 11.5 Å². The van der Waals surface area contributed by atoms with Crippen LogP contribution in [0.25, 0.3) is 22.0 Å². The molecule has 36 heavy (non-hydrogen) atoms. The lowest BCUT2D eigenvalue weighted by molar-refractivity contribution is 0.191. The first-order valence-corrected chi connectivity index (χ1v) is 12.2. The van der Waals surface area contributed by atoms with E-state index in [4.69, 9.17) is 16.3 Å². The molecule has 0 radical (unpaired) electrons. The van der Waals surface area contributed by atoms with Gasteiger partial charge in [0.15, 0.2) is 11.6 Å². The molecule has 6 nitrogen and oxygen atoms in total. The van der Waals surface area contributed by atoms with E-state index in [0.717, 1.165) is 25.7 Å². The zero-order chi connectivity index (χ0) is 24.8. The molecular formula is C27H23ClF2N4O2. The van der Waals surface area contributed by atoms with Gasteiger partial charge in [-0.15, -0.1) is 0 Å². The number of anilines is 1. The fourth-order valence-electron chi connectivity index (χ4n) is 5.25. The van der Waals surface area contributed by atoms with Crippen LogP contribution in [0.3, 0.4) is 0 Å². The summed E-state index contributed by atoms with van der Waals surface area (Å²) < 4.78 is 36.7. The van der Waals surface area contributed by atoms with Crippen molar-refractivity contribution in [2.24, 2.45) is 0 Å². The third-order valence-corrected chi connectivity index (χ3v) is 7.29. The van der Waals surface area contributed by atoms with Gasteiger partial charge in [-0.3, -0.25) is 4.90 Å². The molecule has 0 spiro atoms. The molecule has 9 heteroatoms. The number of aromatic hydroxyl groups is 1. The van der Waals surface area contributed by atoms with Crippen LogP contribution in [-0.2, 0) is 6.54 Å². The number of ether oxygens (including phenoxy) is 1. The molecule has 1 atom stereocenters. The fraction of sp³-hybridized carbons (Fsp3) is 0.259. The molecule has 2 aliphatic rings. The lowest BCUT2D eigenvalue weighted by Crippen LogP contribution is -2.54. The van der Waals surface area contributed by atoms with E-state index in [1.165, 1.54) is 24.0 Å². The monoisotopic (exact) mass is 508 g/mol. The van der Waals surface area contributed by atoms with E-state index >= 15 is 4.39 Å². The lowest BCUT2D eigenvalue weighted by atomic mass is 9.99. The fourth-order valence-corrected chi connectivity index (χ4v) is 5.58. The Morgan fingerprint density at radius 1 is 1.03 bits per heavy atom.